The third kappa shape index (κ3) is 2.28. The van der Waals surface area contributed by atoms with Gasteiger partial charge in [0.25, 0.3) is 0 Å². The van der Waals surface area contributed by atoms with Crippen molar-refractivity contribution in [1.29, 1.82) is 0 Å². The molecule has 0 spiro atoms. The van der Waals surface area contributed by atoms with Crippen LogP contribution in [0.25, 0.3) is 0 Å². The summed E-state index contributed by atoms with van der Waals surface area (Å²) in [4.78, 5) is 24.1. The maximum absolute atomic E-state index is 12.1. The van der Waals surface area contributed by atoms with E-state index in [1.54, 1.807) is 13.0 Å². The van der Waals surface area contributed by atoms with Gasteiger partial charge in [-0.15, -0.1) is 0 Å². The molecule has 1 aliphatic carbocycles. The molecule has 1 aromatic carbocycles. The zero-order chi connectivity index (χ0) is 13.1. The summed E-state index contributed by atoms with van der Waals surface area (Å²) in [6.45, 7) is 3.86. The Balaban J connectivity index is 2.37. The molecular weight excluding hydrogens is 224 g/mol. The Hall–Kier alpha value is -1.70. The Morgan fingerprint density at radius 1 is 1.11 bits per heavy atom. The van der Waals surface area contributed by atoms with E-state index < -0.39 is 0 Å². The topological polar surface area (TPSA) is 34.1 Å². The molecule has 0 saturated heterocycles. The number of fused-ring (bicyclic) bond motifs is 1. The van der Waals surface area contributed by atoms with E-state index >= 15 is 0 Å². The summed E-state index contributed by atoms with van der Waals surface area (Å²) in [7, 11) is 0. The van der Waals surface area contributed by atoms with Gasteiger partial charge in [0.1, 0.15) is 0 Å². The second kappa shape index (κ2) is 5.30. The van der Waals surface area contributed by atoms with Crippen LogP contribution >= 0.6 is 0 Å². The van der Waals surface area contributed by atoms with Gasteiger partial charge in [0.05, 0.1) is 0 Å². The predicted molar refractivity (Wildman–Crippen MR) is 72.1 cm³/mol. The predicted octanol–water partition coefficient (Wildman–Crippen LogP) is 3.74. The molecular formula is C16H18O2. The Kier molecular flexibility index (Phi) is 3.75. The van der Waals surface area contributed by atoms with E-state index in [4.69, 9.17) is 0 Å². The van der Waals surface area contributed by atoms with Crippen molar-refractivity contribution in [2.45, 2.75) is 39.5 Å². The highest BCUT2D eigenvalue weighted by Gasteiger charge is 2.24. The average Bonchev–Trinajstić information content (AvgIpc) is 2.36. The van der Waals surface area contributed by atoms with Gasteiger partial charge in [0, 0.05) is 16.7 Å². The fraction of sp³-hybridized carbons (Fsp3) is 0.375. The first-order valence-corrected chi connectivity index (χ1v) is 6.54. The molecule has 0 amide bonds. The second-order valence-corrected chi connectivity index (χ2v) is 4.82. The van der Waals surface area contributed by atoms with Crippen LogP contribution in [-0.4, -0.2) is 11.6 Å². The molecule has 0 saturated carbocycles. The number of carbonyl (C=O) groups is 2. The Morgan fingerprint density at radius 2 is 1.89 bits per heavy atom. The standard InChI is InChI=1S/C16H18O2/c1-3-4-5-7-12-8-6-9-13-15(12)14(17)10-11(2)16(13)18/h6,8-10H,3-5,7H2,1-2H3. The highest BCUT2D eigenvalue weighted by atomic mass is 16.1. The largest absolute Gasteiger partial charge is 0.289 e. The number of Topliss-reactive ketones (excluding diaryl/α,β-unsaturated/α-hetero) is 1. The SMILES string of the molecule is CCCCCc1cccc2c1C(=O)C=C(C)C2=O. The smallest absolute Gasteiger partial charge is 0.189 e. The number of benzene rings is 1. The number of aryl methyl sites for hydroxylation is 1. The zero-order valence-electron chi connectivity index (χ0n) is 11.0. The first-order valence-electron chi connectivity index (χ1n) is 6.54. The molecule has 0 aromatic heterocycles. The molecule has 2 heteroatoms. The van der Waals surface area contributed by atoms with E-state index in [0.29, 0.717) is 16.7 Å². The lowest BCUT2D eigenvalue weighted by Gasteiger charge is -2.16. The molecule has 0 fully saturated rings. The lowest BCUT2D eigenvalue weighted by molar-refractivity contribution is 0.0983. The van der Waals surface area contributed by atoms with Gasteiger partial charge in [0.2, 0.25) is 0 Å². The van der Waals surface area contributed by atoms with Crippen LogP contribution in [0.15, 0.2) is 29.8 Å². The van der Waals surface area contributed by atoms with Crippen molar-refractivity contribution in [2.75, 3.05) is 0 Å². The summed E-state index contributed by atoms with van der Waals surface area (Å²) < 4.78 is 0. The Labute approximate surface area is 108 Å². The number of rotatable bonds is 4. The van der Waals surface area contributed by atoms with Crippen LogP contribution in [0, 0.1) is 0 Å². The number of hydrogen-bond acceptors (Lipinski definition) is 2. The van der Waals surface area contributed by atoms with E-state index in [-0.39, 0.29) is 11.6 Å². The molecule has 0 unspecified atom stereocenters. The van der Waals surface area contributed by atoms with Crippen LogP contribution in [0.1, 0.15) is 59.4 Å². The average molecular weight is 242 g/mol. The van der Waals surface area contributed by atoms with Crippen LogP contribution in [0.5, 0.6) is 0 Å². The summed E-state index contributed by atoms with van der Waals surface area (Å²) in [5, 5.41) is 0. The fourth-order valence-corrected chi connectivity index (χ4v) is 2.40. The molecule has 0 N–H and O–H groups in total. The maximum atomic E-state index is 12.1. The van der Waals surface area contributed by atoms with Gasteiger partial charge < -0.3 is 0 Å². The van der Waals surface area contributed by atoms with Crippen molar-refractivity contribution in [1.82, 2.24) is 0 Å². The van der Waals surface area contributed by atoms with Crippen molar-refractivity contribution < 1.29 is 9.59 Å². The summed E-state index contributed by atoms with van der Waals surface area (Å²) in [6.07, 6.45) is 5.72. The summed E-state index contributed by atoms with van der Waals surface area (Å²) in [5.41, 5.74) is 2.76. The van der Waals surface area contributed by atoms with Crippen molar-refractivity contribution in [2.24, 2.45) is 0 Å². The monoisotopic (exact) mass is 242 g/mol. The van der Waals surface area contributed by atoms with E-state index in [1.165, 1.54) is 6.08 Å². The van der Waals surface area contributed by atoms with Crippen molar-refractivity contribution >= 4 is 11.6 Å². The van der Waals surface area contributed by atoms with Gasteiger partial charge in [-0.3, -0.25) is 9.59 Å². The van der Waals surface area contributed by atoms with Crippen molar-refractivity contribution in [3.8, 4) is 0 Å². The van der Waals surface area contributed by atoms with Crippen molar-refractivity contribution in [3.63, 3.8) is 0 Å². The minimum Gasteiger partial charge on any atom is -0.289 e. The van der Waals surface area contributed by atoms with Crippen LogP contribution in [-0.2, 0) is 6.42 Å². The molecule has 0 heterocycles. The number of hydrogen-bond donors (Lipinski definition) is 0. The third-order valence-electron chi connectivity index (χ3n) is 3.40. The second-order valence-electron chi connectivity index (χ2n) is 4.82. The van der Waals surface area contributed by atoms with Crippen LogP contribution in [0.2, 0.25) is 0 Å². The van der Waals surface area contributed by atoms with E-state index in [2.05, 4.69) is 6.92 Å². The summed E-state index contributed by atoms with van der Waals surface area (Å²) in [5.74, 6) is -0.0314. The molecule has 0 bridgehead atoms. The summed E-state index contributed by atoms with van der Waals surface area (Å²) >= 11 is 0. The maximum Gasteiger partial charge on any atom is 0.189 e. The molecule has 1 aromatic rings. The highest BCUT2D eigenvalue weighted by molar-refractivity contribution is 6.24. The van der Waals surface area contributed by atoms with Gasteiger partial charge in [-0.2, -0.15) is 0 Å². The molecule has 1 aliphatic rings. The van der Waals surface area contributed by atoms with Crippen molar-refractivity contribution in [3.05, 3.63) is 46.5 Å². The van der Waals surface area contributed by atoms with E-state index in [0.717, 1.165) is 31.2 Å². The quantitative estimate of drug-likeness (QED) is 0.754. The lowest BCUT2D eigenvalue weighted by atomic mass is 9.86. The van der Waals surface area contributed by atoms with Crippen LogP contribution in [0.4, 0.5) is 0 Å². The van der Waals surface area contributed by atoms with Crippen LogP contribution in [0.3, 0.4) is 0 Å². The first kappa shape index (κ1) is 12.7. The normalized spacial score (nSPS) is 14.4. The number of unbranched alkanes of at least 4 members (excludes halogenated alkanes) is 2. The molecule has 2 nitrogen and oxygen atoms in total. The Bertz CT molecular complexity index is 524. The van der Waals surface area contributed by atoms with E-state index in [9.17, 15) is 9.59 Å². The molecule has 0 aliphatic heterocycles. The molecule has 94 valence electrons. The molecule has 0 atom stereocenters. The van der Waals surface area contributed by atoms with Gasteiger partial charge in [-0.05, 0) is 31.4 Å². The molecule has 18 heavy (non-hydrogen) atoms. The van der Waals surface area contributed by atoms with Gasteiger partial charge >= 0.3 is 0 Å². The van der Waals surface area contributed by atoms with Gasteiger partial charge in [0.15, 0.2) is 11.6 Å². The zero-order valence-corrected chi connectivity index (χ0v) is 11.0. The minimum atomic E-state index is -0.0193. The van der Waals surface area contributed by atoms with Gasteiger partial charge in [-0.1, -0.05) is 38.0 Å². The first-order chi connectivity index (χ1) is 8.65. The molecule has 0 radical (unpaired) electrons. The lowest BCUT2D eigenvalue weighted by Crippen LogP contribution is -2.17. The Morgan fingerprint density at radius 3 is 2.61 bits per heavy atom. The van der Waals surface area contributed by atoms with Crippen LogP contribution < -0.4 is 0 Å². The number of allylic oxidation sites excluding steroid dienone is 2. The third-order valence-corrected chi connectivity index (χ3v) is 3.40. The van der Waals surface area contributed by atoms with E-state index in [1.807, 2.05) is 12.1 Å². The minimum absolute atomic E-state index is 0.0121. The fourth-order valence-electron chi connectivity index (χ4n) is 2.40. The highest BCUT2D eigenvalue weighted by Crippen LogP contribution is 2.25. The summed E-state index contributed by atoms with van der Waals surface area (Å²) in [6, 6.07) is 5.60. The number of carbonyl (C=O) groups excluding carboxylic acids is 2. The number of ketones is 2. The molecule has 2 rings (SSSR count). The van der Waals surface area contributed by atoms with Gasteiger partial charge in [-0.25, -0.2) is 0 Å².